The van der Waals surface area contributed by atoms with Gasteiger partial charge in [-0.15, -0.1) is 0 Å². The molecule has 1 saturated heterocycles. The fourth-order valence-corrected chi connectivity index (χ4v) is 3.59. The Morgan fingerprint density at radius 1 is 1.36 bits per heavy atom. The normalized spacial score (nSPS) is 47.4. The Balaban J connectivity index is 2.14. The van der Waals surface area contributed by atoms with Crippen molar-refractivity contribution >= 4 is 16.8 Å². The Hall–Kier alpha value is -0.0200. The number of hydrogen-bond donors (Lipinski definition) is 0. The van der Waals surface area contributed by atoms with Gasteiger partial charge in [0.1, 0.15) is 5.44 Å². The lowest BCUT2D eigenvalue weighted by Crippen LogP contribution is -2.45. The fourth-order valence-electron chi connectivity index (χ4n) is 2.43. The molecule has 5 atom stereocenters. The molecule has 0 aromatic heterocycles. The summed E-state index contributed by atoms with van der Waals surface area (Å²) in [6, 6.07) is 0.401. The smallest absolute Gasteiger partial charge is 0.131 e. The molecule has 0 amide bonds. The van der Waals surface area contributed by atoms with E-state index in [9.17, 15) is 0 Å². The van der Waals surface area contributed by atoms with Gasteiger partial charge in [-0.2, -0.15) is 0 Å². The van der Waals surface area contributed by atoms with Gasteiger partial charge in [-0.05, 0) is 25.2 Å². The third-order valence-electron chi connectivity index (χ3n) is 3.56. The maximum atomic E-state index is 6.06. The van der Waals surface area contributed by atoms with Crippen LogP contribution in [0.2, 0.25) is 0 Å². The number of ether oxygens (including phenoxy) is 1. The molecule has 3 heteroatoms. The zero-order valence-electron chi connectivity index (χ0n) is 9.36. The molecule has 0 aromatic carbocycles. The highest BCUT2D eigenvalue weighted by molar-refractivity contribution is 8.14. The average Bonchev–Trinajstić information content (AvgIpc) is 2.52. The minimum Gasteiger partial charge on any atom is -0.361 e. The molecule has 2 nitrogen and oxygen atoms in total. The summed E-state index contributed by atoms with van der Waals surface area (Å²) in [7, 11) is 0. The molecule has 0 aromatic rings. The summed E-state index contributed by atoms with van der Waals surface area (Å²) in [6.45, 7) is 8.91. The molecule has 1 fully saturated rings. The van der Waals surface area contributed by atoms with Crippen molar-refractivity contribution in [3.05, 3.63) is 0 Å². The first-order chi connectivity index (χ1) is 6.63. The van der Waals surface area contributed by atoms with Crippen molar-refractivity contribution in [2.75, 3.05) is 0 Å². The van der Waals surface area contributed by atoms with Crippen LogP contribution in [0.3, 0.4) is 0 Å². The van der Waals surface area contributed by atoms with Gasteiger partial charge in [-0.1, -0.05) is 32.5 Å². The van der Waals surface area contributed by atoms with E-state index < -0.39 is 0 Å². The third-order valence-corrected chi connectivity index (χ3v) is 4.63. The summed E-state index contributed by atoms with van der Waals surface area (Å²) in [5.74, 6) is 1.29. The zero-order valence-corrected chi connectivity index (χ0v) is 10.2. The van der Waals surface area contributed by atoms with Gasteiger partial charge in [0.25, 0.3) is 0 Å². The van der Waals surface area contributed by atoms with Gasteiger partial charge in [0.15, 0.2) is 0 Å². The van der Waals surface area contributed by atoms with Crippen LogP contribution >= 0.6 is 11.8 Å². The molecule has 0 radical (unpaired) electrons. The van der Waals surface area contributed by atoms with E-state index in [0.717, 1.165) is 6.42 Å². The van der Waals surface area contributed by atoms with E-state index in [4.69, 9.17) is 4.74 Å². The van der Waals surface area contributed by atoms with Crippen LogP contribution in [0.1, 0.15) is 34.1 Å². The predicted molar refractivity (Wildman–Crippen MR) is 61.8 cm³/mol. The molecule has 0 saturated carbocycles. The van der Waals surface area contributed by atoms with E-state index in [1.807, 2.05) is 0 Å². The molecular formula is C11H19NOS. The van der Waals surface area contributed by atoms with Gasteiger partial charge in [-0.25, -0.2) is 0 Å². The Bertz CT molecular complexity index is 254. The Kier molecular flexibility index (Phi) is 2.89. The molecule has 80 valence electrons. The van der Waals surface area contributed by atoms with Crippen LogP contribution in [0.4, 0.5) is 0 Å². The molecule has 0 bridgehead atoms. The Morgan fingerprint density at radius 3 is 2.71 bits per heavy atom. The van der Waals surface area contributed by atoms with Crippen LogP contribution in [0, 0.1) is 11.8 Å². The first-order valence-electron chi connectivity index (χ1n) is 5.50. The molecule has 2 rings (SSSR count). The first-order valence-corrected chi connectivity index (χ1v) is 6.38. The second-order valence-corrected chi connectivity index (χ2v) is 5.72. The monoisotopic (exact) mass is 213 g/mol. The molecule has 2 aliphatic rings. The van der Waals surface area contributed by atoms with Gasteiger partial charge in [0.05, 0.1) is 17.2 Å². The van der Waals surface area contributed by atoms with Gasteiger partial charge >= 0.3 is 0 Å². The van der Waals surface area contributed by atoms with Crippen molar-refractivity contribution in [1.29, 1.82) is 0 Å². The van der Waals surface area contributed by atoms with Gasteiger partial charge < -0.3 is 4.74 Å². The maximum Gasteiger partial charge on any atom is 0.131 e. The van der Waals surface area contributed by atoms with Gasteiger partial charge in [0, 0.05) is 0 Å². The van der Waals surface area contributed by atoms with Gasteiger partial charge in [-0.3, -0.25) is 4.99 Å². The number of nitrogens with zero attached hydrogens (tertiary/aromatic N) is 1. The Labute approximate surface area is 90.5 Å². The van der Waals surface area contributed by atoms with E-state index in [2.05, 4.69) is 32.7 Å². The number of aliphatic imine (C=N–C) groups is 1. The Morgan fingerprint density at radius 2 is 2.07 bits per heavy atom. The van der Waals surface area contributed by atoms with Crippen molar-refractivity contribution in [3.63, 3.8) is 0 Å². The minimum absolute atomic E-state index is 0.297. The van der Waals surface area contributed by atoms with E-state index in [1.165, 1.54) is 5.04 Å². The lowest BCUT2D eigenvalue weighted by Gasteiger charge is -2.40. The quantitative estimate of drug-likeness (QED) is 0.668. The number of fused-ring (bicyclic) bond motifs is 1. The van der Waals surface area contributed by atoms with Crippen molar-refractivity contribution < 1.29 is 4.74 Å². The second kappa shape index (κ2) is 3.86. The van der Waals surface area contributed by atoms with Gasteiger partial charge in [0.2, 0.25) is 0 Å². The average molecular weight is 213 g/mol. The standard InChI is InChI=1S/C11H19NOS/c1-5-9-6(2)7(3)10-11(13-9)14-8(4)12-10/h6-7,9-11H,5H2,1-4H3/t6-,7+,9?,10?,11+/m1/s1. The summed E-state index contributed by atoms with van der Waals surface area (Å²) < 4.78 is 6.06. The molecule has 14 heavy (non-hydrogen) atoms. The SMILES string of the molecule is CCC1O[C@H]2SC(C)=NC2[C@@H](C)[C@H]1C. The molecule has 2 heterocycles. The van der Waals surface area contributed by atoms with Crippen molar-refractivity contribution in [1.82, 2.24) is 0 Å². The third kappa shape index (κ3) is 1.61. The summed E-state index contributed by atoms with van der Waals surface area (Å²) in [5.41, 5.74) is 0.297. The topological polar surface area (TPSA) is 21.6 Å². The predicted octanol–water partition coefficient (Wildman–Crippen LogP) is 2.93. The summed E-state index contributed by atoms with van der Waals surface area (Å²) in [6.07, 6.45) is 1.55. The number of thioether (sulfide) groups is 1. The van der Waals surface area contributed by atoms with Crippen LogP contribution in [0.25, 0.3) is 0 Å². The largest absolute Gasteiger partial charge is 0.361 e. The highest BCUT2D eigenvalue weighted by atomic mass is 32.2. The fraction of sp³-hybridized carbons (Fsp3) is 0.909. The second-order valence-electron chi connectivity index (χ2n) is 4.43. The molecular weight excluding hydrogens is 194 g/mol. The maximum absolute atomic E-state index is 6.06. The van der Waals surface area contributed by atoms with Crippen molar-refractivity contribution in [2.45, 2.75) is 51.7 Å². The number of rotatable bonds is 1. The number of hydrogen-bond acceptors (Lipinski definition) is 3. The van der Waals surface area contributed by atoms with E-state index >= 15 is 0 Å². The van der Waals surface area contributed by atoms with E-state index in [0.29, 0.717) is 29.4 Å². The lowest BCUT2D eigenvalue weighted by molar-refractivity contribution is -0.0730. The zero-order chi connectivity index (χ0) is 10.3. The highest BCUT2D eigenvalue weighted by Crippen LogP contribution is 2.42. The summed E-state index contributed by atoms with van der Waals surface area (Å²) in [5, 5.41) is 1.19. The van der Waals surface area contributed by atoms with Crippen LogP contribution in [0.5, 0.6) is 0 Å². The molecule has 2 unspecified atom stereocenters. The minimum atomic E-state index is 0.297. The van der Waals surface area contributed by atoms with Crippen molar-refractivity contribution in [3.8, 4) is 0 Å². The molecule has 0 N–H and O–H groups in total. The van der Waals surface area contributed by atoms with Crippen molar-refractivity contribution in [2.24, 2.45) is 16.8 Å². The highest BCUT2D eigenvalue weighted by Gasteiger charge is 2.43. The van der Waals surface area contributed by atoms with Crippen LogP contribution in [-0.4, -0.2) is 22.6 Å². The lowest BCUT2D eigenvalue weighted by atomic mass is 9.82. The van der Waals surface area contributed by atoms with E-state index in [-0.39, 0.29) is 0 Å². The van der Waals surface area contributed by atoms with Crippen LogP contribution < -0.4 is 0 Å². The summed E-state index contributed by atoms with van der Waals surface area (Å²) in [4.78, 5) is 4.67. The van der Waals surface area contributed by atoms with Crippen LogP contribution in [0.15, 0.2) is 4.99 Å². The first kappa shape index (κ1) is 10.5. The molecule has 0 aliphatic carbocycles. The molecule has 2 aliphatic heterocycles. The van der Waals surface area contributed by atoms with Crippen LogP contribution in [-0.2, 0) is 4.74 Å². The molecule has 0 spiro atoms. The summed E-state index contributed by atoms with van der Waals surface area (Å²) >= 11 is 1.80. The van der Waals surface area contributed by atoms with E-state index in [1.54, 1.807) is 11.8 Å².